The summed E-state index contributed by atoms with van der Waals surface area (Å²) >= 11 is 0. The fourth-order valence-electron chi connectivity index (χ4n) is 5.65. The Morgan fingerprint density at radius 2 is 1.24 bits per heavy atom. The largest absolute Gasteiger partial charge is 0.274 e. The van der Waals surface area contributed by atoms with Crippen molar-refractivity contribution < 1.29 is 9.59 Å². The molecule has 2 amide bonds. The van der Waals surface area contributed by atoms with Gasteiger partial charge in [-0.05, 0) is 35.7 Å². The summed E-state index contributed by atoms with van der Waals surface area (Å²) in [5.41, 5.74) is 4.42. The summed E-state index contributed by atoms with van der Waals surface area (Å²) in [7, 11) is 0. The van der Waals surface area contributed by atoms with Crippen LogP contribution >= 0.6 is 0 Å². The zero-order chi connectivity index (χ0) is 23.2. The number of amides is 2. The third-order valence-corrected chi connectivity index (χ3v) is 7.28. The van der Waals surface area contributed by atoms with Gasteiger partial charge in [0.2, 0.25) is 11.8 Å². The fraction of sp³-hybridized carbons (Fsp3) is 0.167. The third kappa shape index (κ3) is 3.10. The molecule has 0 unspecified atom stereocenters. The number of hydrogen-bond donors (Lipinski definition) is 0. The number of para-hydroxylation sites is 1. The Balaban J connectivity index is 1.52. The van der Waals surface area contributed by atoms with Crippen LogP contribution in [0.25, 0.3) is 10.9 Å². The number of allylic oxidation sites excluding steroid dienone is 2. The van der Waals surface area contributed by atoms with Crippen LogP contribution in [0.15, 0.2) is 103 Å². The van der Waals surface area contributed by atoms with Gasteiger partial charge >= 0.3 is 0 Å². The summed E-state index contributed by atoms with van der Waals surface area (Å²) < 4.78 is 0. The number of nitrogens with zero attached hydrogens (tertiary/aromatic N) is 2. The number of anilines is 1. The molecule has 0 spiro atoms. The first kappa shape index (κ1) is 20.5. The molecule has 0 bridgehead atoms. The summed E-state index contributed by atoms with van der Waals surface area (Å²) in [5.74, 6) is -1.54. The Bertz CT molecular complexity index is 1360. The van der Waals surface area contributed by atoms with E-state index >= 15 is 0 Å². The molecular formula is C30H24N2O2. The van der Waals surface area contributed by atoms with Crippen molar-refractivity contribution >= 4 is 28.4 Å². The molecule has 1 aliphatic heterocycles. The highest BCUT2D eigenvalue weighted by Crippen LogP contribution is 2.50. The molecule has 3 aromatic carbocycles. The molecule has 4 atom stereocenters. The average Bonchev–Trinajstić information content (AvgIpc) is 3.15. The lowest BCUT2D eigenvalue weighted by atomic mass is 9.68. The van der Waals surface area contributed by atoms with E-state index in [1.807, 2.05) is 91.9 Å². The molecule has 4 aromatic rings. The van der Waals surface area contributed by atoms with Gasteiger partial charge in [-0.3, -0.25) is 14.6 Å². The van der Waals surface area contributed by atoms with Crippen LogP contribution < -0.4 is 4.90 Å². The average molecular weight is 445 g/mol. The zero-order valence-electron chi connectivity index (χ0n) is 18.8. The van der Waals surface area contributed by atoms with E-state index in [1.165, 1.54) is 4.90 Å². The first-order valence-corrected chi connectivity index (χ1v) is 11.7. The number of carbonyl (C=O) groups excluding carboxylic acids is 2. The molecule has 1 aliphatic carbocycles. The molecule has 2 heterocycles. The summed E-state index contributed by atoms with van der Waals surface area (Å²) in [5, 5.41) is 0.952. The highest BCUT2D eigenvalue weighted by molar-refractivity contribution is 6.25. The van der Waals surface area contributed by atoms with Crippen molar-refractivity contribution in [3.8, 4) is 0 Å². The number of aromatic nitrogens is 1. The van der Waals surface area contributed by atoms with Crippen LogP contribution in [0.1, 0.15) is 28.5 Å². The molecule has 166 valence electrons. The van der Waals surface area contributed by atoms with Crippen LogP contribution in [-0.2, 0) is 9.59 Å². The fourth-order valence-corrected chi connectivity index (χ4v) is 5.65. The lowest BCUT2D eigenvalue weighted by molar-refractivity contribution is -0.122. The van der Waals surface area contributed by atoms with E-state index in [4.69, 9.17) is 0 Å². The maximum absolute atomic E-state index is 14.1. The Morgan fingerprint density at radius 1 is 0.676 bits per heavy atom. The second-order valence-electron chi connectivity index (χ2n) is 9.12. The Labute approximate surface area is 198 Å². The van der Waals surface area contributed by atoms with Gasteiger partial charge in [0.05, 0.1) is 23.0 Å². The third-order valence-electron chi connectivity index (χ3n) is 7.28. The highest BCUT2D eigenvalue weighted by Gasteiger charge is 2.55. The first-order valence-electron chi connectivity index (χ1n) is 11.7. The topological polar surface area (TPSA) is 50.3 Å². The van der Waals surface area contributed by atoms with Gasteiger partial charge in [0.15, 0.2) is 0 Å². The summed E-state index contributed by atoms with van der Waals surface area (Å²) in [6.07, 6.45) is 5.98. The minimum absolute atomic E-state index is 0.148. The predicted octanol–water partition coefficient (Wildman–Crippen LogP) is 5.79. The lowest BCUT2D eigenvalue weighted by Crippen LogP contribution is -2.32. The zero-order valence-corrected chi connectivity index (χ0v) is 18.8. The van der Waals surface area contributed by atoms with Gasteiger partial charge in [0.25, 0.3) is 0 Å². The number of aryl methyl sites for hydroxylation is 1. The molecule has 2 aliphatic rings. The van der Waals surface area contributed by atoms with Crippen LogP contribution in [0.3, 0.4) is 0 Å². The van der Waals surface area contributed by atoms with Crippen LogP contribution in [0.2, 0.25) is 0 Å². The monoisotopic (exact) mass is 444 g/mol. The van der Waals surface area contributed by atoms with Crippen LogP contribution in [0, 0.1) is 18.8 Å². The predicted molar refractivity (Wildman–Crippen MR) is 133 cm³/mol. The second kappa shape index (κ2) is 8.07. The summed E-state index contributed by atoms with van der Waals surface area (Å²) in [6, 6.07) is 27.7. The Morgan fingerprint density at radius 3 is 1.79 bits per heavy atom. The van der Waals surface area contributed by atoms with Crippen LogP contribution in [-0.4, -0.2) is 16.8 Å². The van der Waals surface area contributed by atoms with Gasteiger partial charge in [-0.2, -0.15) is 0 Å². The minimum Gasteiger partial charge on any atom is -0.274 e. The van der Waals surface area contributed by atoms with Gasteiger partial charge in [-0.25, -0.2) is 4.90 Å². The van der Waals surface area contributed by atoms with Gasteiger partial charge in [0, 0.05) is 23.4 Å². The van der Waals surface area contributed by atoms with Crippen LogP contribution in [0.5, 0.6) is 0 Å². The molecule has 34 heavy (non-hydrogen) atoms. The van der Waals surface area contributed by atoms with Crippen molar-refractivity contribution in [1.29, 1.82) is 0 Å². The molecule has 1 aromatic heterocycles. The number of fused-ring (bicyclic) bond motifs is 2. The molecule has 0 radical (unpaired) electrons. The Hall–Kier alpha value is -4.05. The van der Waals surface area contributed by atoms with Gasteiger partial charge in [-0.1, -0.05) is 84.9 Å². The maximum Gasteiger partial charge on any atom is 0.238 e. The van der Waals surface area contributed by atoms with Gasteiger partial charge < -0.3 is 0 Å². The van der Waals surface area contributed by atoms with E-state index in [0.29, 0.717) is 11.2 Å². The maximum atomic E-state index is 14.1. The summed E-state index contributed by atoms with van der Waals surface area (Å²) in [6.45, 7) is 2.02. The number of rotatable bonds is 3. The summed E-state index contributed by atoms with van der Waals surface area (Å²) in [4.78, 5) is 34.1. The highest BCUT2D eigenvalue weighted by atomic mass is 16.2. The van der Waals surface area contributed by atoms with Crippen molar-refractivity contribution in [1.82, 2.24) is 4.98 Å². The molecule has 6 rings (SSSR count). The second-order valence-corrected chi connectivity index (χ2v) is 9.12. The van der Waals surface area contributed by atoms with Crippen molar-refractivity contribution in [3.05, 3.63) is 120 Å². The SMILES string of the molecule is Cc1ccnc2c(N3C(=O)[C@@H]4[C@H](C3=O)[C@H](c3ccccc3)C=C[C@H]4c3ccccc3)cccc12. The molecule has 0 saturated carbocycles. The lowest BCUT2D eigenvalue weighted by Gasteiger charge is -2.32. The number of pyridine rings is 1. The molecule has 4 nitrogen and oxygen atoms in total. The van der Waals surface area contributed by atoms with E-state index in [0.717, 1.165) is 22.1 Å². The van der Waals surface area contributed by atoms with E-state index < -0.39 is 11.8 Å². The van der Waals surface area contributed by atoms with E-state index in [2.05, 4.69) is 17.1 Å². The van der Waals surface area contributed by atoms with Gasteiger partial charge in [0.1, 0.15) is 0 Å². The number of carbonyl (C=O) groups is 2. The Kier molecular flexibility index (Phi) is 4.88. The molecule has 0 N–H and O–H groups in total. The number of benzene rings is 3. The molecule has 1 saturated heterocycles. The number of hydrogen-bond acceptors (Lipinski definition) is 3. The van der Waals surface area contributed by atoms with E-state index in [-0.39, 0.29) is 23.7 Å². The number of imide groups is 1. The normalized spacial score (nSPS) is 24.0. The molecular weight excluding hydrogens is 420 g/mol. The first-order chi connectivity index (χ1) is 16.6. The molecule has 4 heteroatoms. The van der Waals surface area contributed by atoms with Crippen molar-refractivity contribution in [2.75, 3.05) is 4.90 Å². The standard InChI is InChI=1S/C30H24N2O2/c1-19-17-18-31-28-22(19)13-8-14-25(28)32-29(33)26-23(20-9-4-2-5-10-20)15-16-24(27(26)30(32)34)21-11-6-3-7-12-21/h2-18,23-24,26-27H,1H3/t23-,24-,26-,27+/m0/s1. The van der Waals surface area contributed by atoms with E-state index in [1.54, 1.807) is 6.20 Å². The van der Waals surface area contributed by atoms with Crippen LogP contribution in [0.4, 0.5) is 5.69 Å². The smallest absolute Gasteiger partial charge is 0.238 e. The minimum atomic E-state index is -0.467. The van der Waals surface area contributed by atoms with E-state index in [9.17, 15) is 9.59 Å². The van der Waals surface area contributed by atoms with Crippen molar-refractivity contribution in [3.63, 3.8) is 0 Å². The quantitative estimate of drug-likeness (QED) is 0.297. The molecule has 1 fully saturated rings. The van der Waals surface area contributed by atoms with Crippen molar-refractivity contribution in [2.45, 2.75) is 18.8 Å². The van der Waals surface area contributed by atoms with Gasteiger partial charge in [-0.15, -0.1) is 0 Å². The van der Waals surface area contributed by atoms with Crippen molar-refractivity contribution in [2.24, 2.45) is 11.8 Å².